The van der Waals surface area contributed by atoms with E-state index in [1.165, 1.54) is 23.5 Å². The average Bonchev–Trinajstić information content (AvgIpc) is 2.57. The van der Waals surface area contributed by atoms with Gasteiger partial charge in [0.1, 0.15) is 5.82 Å². The number of aromatic nitrogens is 1. The molecule has 17 heavy (non-hydrogen) atoms. The Kier molecular flexibility index (Phi) is 3.33. The molecule has 0 radical (unpaired) electrons. The molecule has 0 aliphatic carbocycles. The fourth-order valence-electron chi connectivity index (χ4n) is 1.93. The molecule has 0 spiro atoms. The summed E-state index contributed by atoms with van der Waals surface area (Å²) in [6, 6.07) is 4.70. The Balaban J connectivity index is 2.25. The number of rotatable bonds is 4. The fourth-order valence-corrected chi connectivity index (χ4v) is 3.00. The van der Waals surface area contributed by atoms with Crippen LogP contribution in [0.1, 0.15) is 33.6 Å². The lowest BCUT2D eigenvalue weighted by molar-refractivity contribution is 0.511. The smallest absolute Gasteiger partial charge is 0.184 e. The van der Waals surface area contributed by atoms with Crippen molar-refractivity contribution in [3.05, 3.63) is 24.0 Å². The van der Waals surface area contributed by atoms with Crippen LogP contribution in [0.3, 0.4) is 0 Å². The number of hydrogen-bond donors (Lipinski definition) is 1. The second-order valence-corrected chi connectivity index (χ2v) is 5.92. The number of thiazole rings is 1. The minimum Gasteiger partial charge on any atom is -0.357 e. The molecular formula is C13H17FN2S. The van der Waals surface area contributed by atoms with Crippen LogP contribution in [0.15, 0.2) is 18.2 Å². The van der Waals surface area contributed by atoms with Gasteiger partial charge in [-0.2, -0.15) is 0 Å². The zero-order valence-corrected chi connectivity index (χ0v) is 11.2. The van der Waals surface area contributed by atoms with Crippen molar-refractivity contribution < 1.29 is 4.39 Å². The summed E-state index contributed by atoms with van der Waals surface area (Å²) in [4.78, 5) is 4.46. The van der Waals surface area contributed by atoms with E-state index in [9.17, 15) is 4.39 Å². The highest BCUT2D eigenvalue weighted by molar-refractivity contribution is 7.22. The van der Waals surface area contributed by atoms with E-state index in [0.717, 1.165) is 28.2 Å². The lowest BCUT2D eigenvalue weighted by Crippen LogP contribution is -2.30. The molecule has 0 saturated heterocycles. The van der Waals surface area contributed by atoms with E-state index < -0.39 is 0 Å². The van der Waals surface area contributed by atoms with E-state index in [4.69, 9.17) is 0 Å². The van der Waals surface area contributed by atoms with Crippen molar-refractivity contribution in [2.75, 3.05) is 5.32 Å². The van der Waals surface area contributed by atoms with Crippen LogP contribution in [0.5, 0.6) is 0 Å². The number of anilines is 1. The van der Waals surface area contributed by atoms with Crippen LogP contribution in [0.2, 0.25) is 0 Å². The molecule has 0 bridgehead atoms. The molecule has 1 aromatic carbocycles. The van der Waals surface area contributed by atoms with Crippen LogP contribution in [0, 0.1) is 5.82 Å². The Hall–Kier alpha value is -1.16. The Labute approximate surface area is 105 Å². The van der Waals surface area contributed by atoms with Crippen LogP contribution in [-0.4, -0.2) is 10.5 Å². The van der Waals surface area contributed by atoms with E-state index in [1.807, 2.05) is 0 Å². The van der Waals surface area contributed by atoms with Gasteiger partial charge in [-0.25, -0.2) is 9.37 Å². The van der Waals surface area contributed by atoms with Crippen LogP contribution in [-0.2, 0) is 0 Å². The number of hydrogen-bond acceptors (Lipinski definition) is 3. The van der Waals surface area contributed by atoms with Gasteiger partial charge in [-0.1, -0.05) is 24.7 Å². The van der Waals surface area contributed by atoms with Crippen molar-refractivity contribution in [3.63, 3.8) is 0 Å². The normalized spacial score (nSPS) is 12.0. The predicted octanol–water partition coefficient (Wildman–Crippen LogP) is 4.43. The highest BCUT2D eigenvalue weighted by Crippen LogP contribution is 2.29. The number of nitrogens with zero attached hydrogens (tertiary/aromatic N) is 1. The number of fused-ring (bicyclic) bond motifs is 1. The van der Waals surface area contributed by atoms with E-state index in [0.29, 0.717) is 0 Å². The first kappa shape index (κ1) is 12.3. The van der Waals surface area contributed by atoms with Crippen molar-refractivity contribution in [1.29, 1.82) is 0 Å². The minimum absolute atomic E-state index is 0.0289. The van der Waals surface area contributed by atoms with Crippen molar-refractivity contribution in [2.24, 2.45) is 0 Å². The van der Waals surface area contributed by atoms with Gasteiger partial charge in [0.05, 0.1) is 10.2 Å². The van der Waals surface area contributed by atoms with Crippen molar-refractivity contribution >= 4 is 26.7 Å². The largest absolute Gasteiger partial charge is 0.357 e. The van der Waals surface area contributed by atoms with Gasteiger partial charge in [0, 0.05) is 5.54 Å². The first-order valence-electron chi connectivity index (χ1n) is 5.84. The molecule has 0 unspecified atom stereocenters. The van der Waals surface area contributed by atoms with E-state index in [2.05, 4.69) is 31.1 Å². The maximum absolute atomic E-state index is 13.1. The second kappa shape index (κ2) is 4.61. The molecule has 0 aliphatic heterocycles. The predicted molar refractivity (Wildman–Crippen MR) is 72.2 cm³/mol. The van der Waals surface area contributed by atoms with Gasteiger partial charge in [-0.15, -0.1) is 0 Å². The van der Waals surface area contributed by atoms with Gasteiger partial charge in [0.25, 0.3) is 0 Å². The van der Waals surface area contributed by atoms with Crippen LogP contribution in [0.25, 0.3) is 10.2 Å². The summed E-state index contributed by atoms with van der Waals surface area (Å²) in [6.45, 7) is 6.48. The molecule has 92 valence electrons. The lowest BCUT2D eigenvalue weighted by atomic mass is 10.00. The molecular weight excluding hydrogens is 235 g/mol. The SMILES string of the molecule is CCCC(C)(C)Nc1nc2ccc(F)cc2s1. The molecule has 1 aromatic heterocycles. The second-order valence-electron chi connectivity index (χ2n) is 4.89. The fraction of sp³-hybridized carbons (Fsp3) is 0.462. The quantitative estimate of drug-likeness (QED) is 0.871. The van der Waals surface area contributed by atoms with Crippen LogP contribution in [0.4, 0.5) is 9.52 Å². The summed E-state index contributed by atoms with van der Waals surface area (Å²) >= 11 is 1.50. The summed E-state index contributed by atoms with van der Waals surface area (Å²) in [6.07, 6.45) is 2.21. The summed E-state index contributed by atoms with van der Waals surface area (Å²) in [5.41, 5.74) is 0.882. The Bertz CT molecular complexity index is 519. The summed E-state index contributed by atoms with van der Waals surface area (Å²) < 4.78 is 14.0. The maximum atomic E-state index is 13.1. The molecule has 0 atom stereocenters. The zero-order valence-electron chi connectivity index (χ0n) is 10.4. The molecule has 0 saturated carbocycles. The molecule has 1 N–H and O–H groups in total. The number of benzene rings is 1. The summed E-state index contributed by atoms with van der Waals surface area (Å²) in [5.74, 6) is -0.208. The third-order valence-electron chi connectivity index (χ3n) is 2.67. The lowest BCUT2D eigenvalue weighted by Gasteiger charge is -2.25. The number of nitrogens with one attached hydrogen (secondary N) is 1. The Morgan fingerprint density at radius 1 is 1.41 bits per heavy atom. The third-order valence-corrected chi connectivity index (χ3v) is 3.60. The van der Waals surface area contributed by atoms with Crippen molar-refractivity contribution in [3.8, 4) is 0 Å². The highest BCUT2D eigenvalue weighted by atomic mass is 32.1. The molecule has 0 fully saturated rings. The van der Waals surface area contributed by atoms with Crippen LogP contribution >= 0.6 is 11.3 Å². The molecule has 0 aliphatic rings. The Morgan fingerprint density at radius 2 is 2.18 bits per heavy atom. The third kappa shape index (κ3) is 2.94. The first-order valence-corrected chi connectivity index (χ1v) is 6.66. The van der Waals surface area contributed by atoms with Crippen molar-refractivity contribution in [1.82, 2.24) is 4.98 Å². The Morgan fingerprint density at radius 3 is 2.88 bits per heavy atom. The van der Waals surface area contributed by atoms with Gasteiger partial charge in [0.15, 0.2) is 5.13 Å². The molecule has 4 heteroatoms. The number of halogens is 1. The van der Waals surface area contributed by atoms with E-state index in [1.54, 1.807) is 6.07 Å². The monoisotopic (exact) mass is 252 g/mol. The first-order chi connectivity index (χ1) is 8.00. The molecule has 2 aromatic rings. The van der Waals surface area contributed by atoms with Gasteiger partial charge in [-0.3, -0.25) is 0 Å². The summed E-state index contributed by atoms with van der Waals surface area (Å²) in [7, 11) is 0. The maximum Gasteiger partial charge on any atom is 0.184 e. The molecule has 1 heterocycles. The van der Waals surface area contributed by atoms with Gasteiger partial charge in [-0.05, 0) is 38.5 Å². The standard InChI is InChI=1S/C13H17FN2S/c1-4-7-13(2,3)16-12-15-10-6-5-9(14)8-11(10)17-12/h5-6,8H,4,7H2,1-3H3,(H,15,16). The van der Waals surface area contributed by atoms with Gasteiger partial charge >= 0.3 is 0 Å². The average molecular weight is 252 g/mol. The molecule has 2 rings (SSSR count). The van der Waals surface area contributed by atoms with Crippen LogP contribution < -0.4 is 5.32 Å². The molecule has 2 nitrogen and oxygen atoms in total. The molecule has 0 amide bonds. The minimum atomic E-state index is -0.208. The van der Waals surface area contributed by atoms with E-state index in [-0.39, 0.29) is 11.4 Å². The van der Waals surface area contributed by atoms with Gasteiger partial charge in [0.2, 0.25) is 0 Å². The highest BCUT2D eigenvalue weighted by Gasteiger charge is 2.17. The van der Waals surface area contributed by atoms with Crippen molar-refractivity contribution in [2.45, 2.75) is 39.2 Å². The van der Waals surface area contributed by atoms with Gasteiger partial charge < -0.3 is 5.32 Å². The van der Waals surface area contributed by atoms with E-state index >= 15 is 0 Å². The topological polar surface area (TPSA) is 24.9 Å². The summed E-state index contributed by atoms with van der Waals surface area (Å²) in [5, 5.41) is 4.28. The zero-order chi connectivity index (χ0) is 12.5.